The second-order valence-electron chi connectivity index (χ2n) is 6.98. The molecule has 0 radical (unpaired) electrons. The van der Waals surface area contributed by atoms with E-state index in [4.69, 9.17) is 0 Å². The van der Waals surface area contributed by atoms with Gasteiger partial charge in [-0.15, -0.1) is 0 Å². The molecule has 2 heterocycles. The summed E-state index contributed by atoms with van der Waals surface area (Å²) in [5, 5.41) is 7.91. The molecular formula is C22H18F3N3. The van der Waals surface area contributed by atoms with Crippen LogP contribution in [0.25, 0.3) is 33.3 Å². The fraction of sp³-hybridized carbons (Fsp3) is 0.182. The van der Waals surface area contributed by atoms with Crippen LogP contribution < -0.4 is 0 Å². The molecule has 0 aliphatic rings. The van der Waals surface area contributed by atoms with Gasteiger partial charge in [0, 0.05) is 17.1 Å². The molecule has 2 aromatic carbocycles. The Balaban J connectivity index is 1.99. The summed E-state index contributed by atoms with van der Waals surface area (Å²) < 4.78 is 40.9. The van der Waals surface area contributed by atoms with Crippen molar-refractivity contribution in [2.75, 3.05) is 0 Å². The molecule has 4 aromatic rings. The number of alkyl halides is 3. The van der Waals surface area contributed by atoms with E-state index in [1.54, 1.807) is 36.5 Å². The maximum Gasteiger partial charge on any atom is 0.433 e. The predicted molar refractivity (Wildman–Crippen MR) is 104 cm³/mol. The number of hydrogen-bond acceptors (Lipinski definition) is 2. The molecule has 142 valence electrons. The van der Waals surface area contributed by atoms with Crippen molar-refractivity contribution in [1.82, 2.24) is 15.2 Å². The van der Waals surface area contributed by atoms with Crippen LogP contribution in [0.15, 0.2) is 60.8 Å². The number of benzene rings is 2. The number of pyridine rings is 1. The second kappa shape index (κ2) is 6.78. The highest BCUT2D eigenvalue weighted by atomic mass is 19.4. The molecular weight excluding hydrogens is 363 g/mol. The number of nitrogens with zero attached hydrogens (tertiary/aromatic N) is 2. The summed E-state index contributed by atoms with van der Waals surface area (Å²) in [5.41, 5.74) is 1.37. The van der Waals surface area contributed by atoms with Gasteiger partial charge in [-0.05, 0) is 28.5 Å². The maximum absolute atomic E-state index is 13.6. The highest BCUT2D eigenvalue weighted by Gasteiger charge is 2.38. The van der Waals surface area contributed by atoms with Crippen LogP contribution in [-0.4, -0.2) is 15.2 Å². The first-order chi connectivity index (χ1) is 13.4. The number of halogens is 3. The van der Waals surface area contributed by atoms with Crippen molar-refractivity contribution in [3.8, 4) is 22.5 Å². The minimum atomic E-state index is -4.55. The van der Waals surface area contributed by atoms with Gasteiger partial charge in [0.15, 0.2) is 0 Å². The van der Waals surface area contributed by atoms with Crippen LogP contribution in [0.1, 0.15) is 31.0 Å². The van der Waals surface area contributed by atoms with Crippen LogP contribution in [0.4, 0.5) is 13.2 Å². The number of H-pyrrole nitrogens is 1. The first-order valence-corrected chi connectivity index (χ1v) is 8.96. The molecule has 3 nitrogen and oxygen atoms in total. The summed E-state index contributed by atoms with van der Waals surface area (Å²) in [6.45, 7) is 4.19. The van der Waals surface area contributed by atoms with Crippen LogP contribution >= 0.6 is 0 Å². The molecule has 6 heteroatoms. The van der Waals surface area contributed by atoms with Crippen LogP contribution in [0, 0.1) is 0 Å². The van der Waals surface area contributed by atoms with Crippen molar-refractivity contribution in [2.24, 2.45) is 0 Å². The summed E-state index contributed by atoms with van der Waals surface area (Å²) in [7, 11) is 0. The number of aromatic amines is 1. The SMILES string of the molecule is CC(C)c1ccc2c(-c3n[nH]c(C(F)(F)F)c3-c3ccccc3)nccc2c1. The molecule has 0 spiro atoms. The quantitative estimate of drug-likeness (QED) is 0.444. The first-order valence-electron chi connectivity index (χ1n) is 8.96. The van der Waals surface area contributed by atoms with Crippen molar-refractivity contribution in [3.63, 3.8) is 0 Å². The van der Waals surface area contributed by atoms with Crippen molar-refractivity contribution in [1.29, 1.82) is 0 Å². The van der Waals surface area contributed by atoms with Gasteiger partial charge in [-0.1, -0.05) is 62.4 Å². The summed E-state index contributed by atoms with van der Waals surface area (Å²) in [6, 6.07) is 16.3. The van der Waals surface area contributed by atoms with E-state index in [-0.39, 0.29) is 11.3 Å². The van der Waals surface area contributed by atoms with E-state index < -0.39 is 11.9 Å². The number of rotatable bonds is 3. The molecule has 1 N–H and O–H groups in total. The van der Waals surface area contributed by atoms with E-state index in [0.717, 1.165) is 16.3 Å². The fourth-order valence-electron chi connectivity index (χ4n) is 3.35. The molecule has 0 amide bonds. The number of fused-ring (bicyclic) bond motifs is 1. The Morgan fingerprint density at radius 1 is 0.929 bits per heavy atom. The van der Waals surface area contributed by atoms with Gasteiger partial charge in [0.25, 0.3) is 0 Å². The van der Waals surface area contributed by atoms with Gasteiger partial charge in [0.1, 0.15) is 11.4 Å². The van der Waals surface area contributed by atoms with Crippen LogP contribution in [-0.2, 0) is 6.18 Å². The zero-order valence-corrected chi connectivity index (χ0v) is 15.4. The van der Waals surface area contributed by atoms with Gasteiger partial charge in [-0.3, -0.25) is 10.1 Å². The number of hydrogen-bond donors (Lipinski definition) is 1. The Bertz CT molecular complexity index is 1130. The van der Waals surface area contributed by atoms with Crippen molar-refractivity contribution < 1.29 is 13.2 Å². The van der Waals surface area contributed by atoms with E-state index in [2.05, 4.69) is 29.0 Å². The van der Waals surface area contributed by atoms with E-state index in [1.165, 1.54) is 0 Å². The lowest BCUT2D eigenvalue weighted by Crippen LogP contribution is -2.07. The van der Waals surface area contributed by atoms with Crippen LogP contribution in [0.5, 0.6) is 0 Å². The van der Waals surface area contributed by atoms with Crippen LogP contribution in [0.2, 0.25) is 0 Å². The van der Waals surface area contributed by atoms with Gasteiger partial charge >= 0.3 is 6.18 Å². The third-order valence-corrected chi connectivity index (χ3v) is 4.79. The normalized spacial score (nSPS) is 12.1. The molecule has 28 heavy (non-hydrogen) atoms. The summed E-state index contributed by atoms with van der Waals surface area (Å²) >= 11 is 0. The molecule has 4 rings (SSSR count). The predicted octanol–water partition coefficient (Wildman–Crippen LogP) is 6.43. The molecule has 0 unspecified atom stereocenters. The van der Waals surface area contributed by atoms with E-state index in [9.17, 15) is 13.2 Å². The highest BCUT2D eigenvalue weighted by molar-refractivity contribution is 5.98. The lowest BCUT2D eigenvalue weighted by atomic mass is 9.96. The average Bonchev–Trinajstić information content (AvgIpc) is 3.13. The zero-order valence-electron chi connectivity index (χ0n) is 15.4. The monoisotopic (exact) mass is 381 g/mol. The molecule has 0 fully saturated rings. The average molecular weight is 381 g/mol. The molecule has 0 aliphatic heterocycles. The van der Waals surface area contributed by atoms with Crippen LogP contribution in [0.3, 0.4) is 0 Å². The van der Waals surface area contributed by atoms with E-state index in [0.29, 0.717) is 17.2 Å². The fourth-order valence-corrected chi connectivity index (χ4v) is 3.35. The smallest absolute Gasteiger partial charge is 0.272 e. The Hall–Kier alpha value is -3.15. The molecule has 0 aliphatic carbocycles. The van der Waals surface area contributed by atoms with Gasteiger partial charge in [-0.2, -0.15) is 18.3 Å². The molecule has 0 saturated carbocycles. The minimum Gasteiger partial charge on any atom is -0.272 e. The summed E-state index contributed by atoms with van der Waals surface area (Å²) in [6.07, 6.45) is -2.94. The maximum atomic E-state index is 13.6. The lowest BCUT2D eigenvalue weighted by molar-refractivity contribution is -0.140. The Morgan fingerprint density at radius 3 is 2.36 bits per heavy atom. The molecule has 2 aromatic heterocycles. The van der Waals surface area contributed by atoms with Gasteiger partial charge in [-0.25, -0.2) is 0 Å². The second-order valence-corrected chi connectivity index (χ2v) is 6.98. The van der Waals surface area contributed by atoms with E-state index >= 15 is 0 Å². The van der Waals surface area contributed by atoms with E-state index in [1.807, 2.05) is 24.3 Å². The van der Waals surface area contributed by atoms with Gasteiger partial charge in [0.2, 0.25) is 0 Å². The lowest BCUT2D eigenvalue weighted by Gasteiger charge is -2.11. The third-order valence-electron chi connectivity index (χ3n) is 4.79. The van der Waals surface area contributed by atoms with Crippen molar-refractivity contribution in [3.05, 3.63) is 72.1 Å². The van der Waals surface area contributed by atoms with Gasteiger partial charge in [0.05, 0.1) is 5.69 Å². The topological polar surface area (TPSA) is 41.6 Å². The summed E-state index contributed by atoms with van der Waals surface area (Å²) in [4.78, 5) is 4.38. The minimum absolute atomic E-state index is 0.0148. The van der Waals surface area contributed by atoms with Crippen molar-refractivity contribution >= 4 is 10.8 Å². The van der Waals surface area contributed by atoms with Gasteiger partial charge < -0.3 is 0 Å². The molecule has 0 atom stereocenters. The summed E-state index contributed by atoms with van der Waals surface area (Å²) in [5.74, 6) is 0.350. The molecule has 0 saturated heterocycles. The number of nitrogens with one attached hydrogen (secondary N) is 1. The standard InChI is InChI=1S/C22H18F3N3/c1-13(2)15-8-9-17-16(12-15)10-11-26-19(17)20-18(14-6-4-3-5-7-14)21(28-27-20)22(23,24)25/h3-13H,1-2H3,(H,27,28). The number of aromatic nitrogens is 3. The van der Waals surface area contributed by atoms with Crippen molar-refractivity contribution in [2.45, 2.75) is 25.9 Å². The Morgan fingerprint density at radius 2 is 1.68 bits per heavy atom. The Kier molecular flexibility index (Phi) is 4.41. The Labute approximate surface area is 160 Å². The highest BCUT2D eigenvalue weighted by Crippen LogP contribution is 2.42. The first kappa shape index (κ1) is 18.2. The third kappa shape index (κ3) is 3.15. The largest absolute Gasteiger partial charge is 0.433 e. The molecule has 0 bridgehead atoms. The zero-order chi connectivity index (χ0) is 19.9.